The molecule has 116 valence electrons. The van der Waals surface area contributed by atoms with E-state index >= 15 is 0 Å². The molecular weight excluding hydrogens is 297 g/mol. The number of fused-ring (bicyclic) bond motifs is 1. The number of hydrogen-bond acceptors (Lipinski definition) is 3. The van der Waals surface area contributed by atoms with Gasteiger partial charge in [-0.15, -0.1) is 0 Å². The Balaban J connectivity index is 1.79. The summed E-state index contributed by atoms with van der Waals surface area (Å²) in [6.45, 7) is 0. The van der Waals surface area contributed by atoms with Crippen LogP contribution in [0.15, 0.2) is 24.5 Å². The third kappa shape index (κ3) is 2.81. The number of amides is 1. The SMILES string of the molecule is O=C(NC1CCCc2cn[nH]c21)c1ccnc(C(F)(F)F)c1. The smallest absolute Gasteiger partial charge is 0.344 e. The average Bonchev–Trinajstić information content (AvgIpc) is 2.96. The maximum absolute atomic E-state index is 12.6. The van der Waals surface area contributed by atoms with Crippen LogP contribution in [0, 0.1) is 0 Å². The van der Waals surface area contributed by atoms with E-state index in [2.05, 4.69) is 20.5 Å². The van der Waals surface area contributed by atoms with Crippen LogP contribution in [-0.4, -0.2) is 21.1 Å². The molecule has 2 N–H and O–H groups in total. The van der Waals surface area contributed by atoms with Gasteiger partial charge < -0.3 is 5.32 Å². The van der Waals surface area contributed by atoms with Crippen molar-refractivity contribution in [2.24, 2.45) is 0 Å². The lowest BCUT2D eigenvalue weighted by atomic mass is 9.93. The summed E-state index contributed by atoms with van der Waals surface area (Å²) in [4.78, 5) is 15.4. The zero-order valence-electron chi connectivity index (χ0n) is 11.4. The lowest BCUT2D eigenvalue weighted by molar-refractivity contribution is -0.141. The molecule has 0 bridgehead atoms. The van der Waals surface area contributed by atoms with Gasteiger partial charge in [0.05, 0.1) is 17.9 Å². The highest BCUT2D eigenvalue weighted by molar-refractivity contribution is 5.94. The zero-order valence-corrected chi connectivity index (χ0v) is 11.4. The molecule has 22 heavy (non-hydrogen) atoms. The molecule has 2 aromatic rings. The van der Waals surface area contributed by atoms with Crippen LogP contribution in [0.4, 0.5) is 13.2 Å². The van der Waals surface area contributed by atoms with Crippen molar-refractivity contribution in [2.45, 2.75) is 31.5 Å². The molecule has 0 aromatic carbocycles. The normalized spacial score (nSPS) is 17.9. The lowest BCUT2D eigenvalue weighted by Crippen LogP contribution is -2.31. The third-order valence-corrected chi connectivity index (χ3v) is 3.66. The number of aromatic amines is 1. The fourth-order valence-corrected chi connectivity index (χ4v) is 2.58. The quantitative estimate of drug-likeness (QED) is 0.896. The van der Waals surface area contributed by atoms with Gasteiger partial charge in [0.25, 0.3) is 5.91 Å². The summed E-state index contributed by atoms with van der Waals surface area (Å²) in [5.74, 6) is -0.555. The van der Waals surface area contributed by atoms with Crippen molar-refractivity contribution < 1.29 is 18.0 Å². The number of carbonyl (C=O) groups excluding carboxylic acids is 1. The van der Waals surface area contributed by atoms with Crippen molar-refractivity contribution >= 4 is 5.91 Å². The molecule has 3 rings (SSSR count). The van der Waals surface area contributed by atoms with Crippen molar-refractivity contribution in [1.82, 2.24) is 20.5 Å². The van der Waals surface area contributed by atoms with Crippen molar-refractivity contribution in [2.75, 3.05) is 0 Å². The molecule has 1 aliphatic rings. The first kappa shape index (κ1) is 14.6. The van der Waals surface area contributed by atoms with Crippen molar-refractivity contribution in [1.29, 1.82) is 0 Å². The minimum absolute atomic E-state index is 0.0611. The second-order valence-electron chi connectivity index (χ2n) is 5.15. The number of H-pyrrole nitrogens is 1. The molecule has 0 radical (unpaired) electrons. The monoisotopic (exact) mass is 310 g/mol. The number of rotatable bonds is 2. The van der Waals surface area contributed by atoms with Crippen molar-refractivity contribution in [3.8, 4) is 0 Å². The molecule has 1 unspecified atom stereocenters. The van der Waals surface area contributed by atoms with E-state index in [1.807, 2.05) is 0 Å². The van der Waals surface area contributed by atoms with Crippen LogP contribution in [-0.2, 0) is 12.6 Å². The van der Waals surface area contributed by atoms with Gasteiger partial charge in [0.1, 0.15) is 5.69 Å². The van der Waals surface area contributed by atoms with Crippen LogP contribution in [0.3, 0.4) is 0 Å². The molecule has 8 heteroatoms. The second-order valence-corrected chi connectivity index (χ2v) is 5.15. The highest BCUT2D eigenvalue weighted by atomic mass is 19.4. The lowest BCUT2D eigenvalue weighted by Gasteiger charge is -2.23. The van der Waals surface area contributed by atoms with Gasteiger partial charge >= 0.3 is 6.18 Å². The van der Waals surface area contributed by atoms with Crippen molar-refractivity contribution in [3.05, 3.63) is 47.0 Å². The Morgan fingerprint density at radius 3 is 3.00 bits per heavy atom. The molecule has 1 atom stereocenters. The van der Waals surface area contributed by atoms with E-state index in [0.29, 0.717) is 0 Å². The molecule has 0 saturated carbocycles. The van der Waals surface area contributed by atoms with Gasteiger partial charge in [0, 0.05) is 11.8 Å². The number of hydrogen-bond donors (Lipinski definition) is 2. The summed E-state index contributed by atoms with van der Waals surface area (Å²) in [5.41, 5.74) is 0.715. The van der Waals surface area contributed by atoms with E-state index in [1.54, 1.807) is 6.20 Å². The Kier molecular flexibility index (Phi) is 3.59. The number of alkyl halides is 3. The minimum Gasteiger partial charge on any atom is -0.344 e. The Hall–Kier alpha value is -2.38. The van der Waals surface area contributed by atoms with Gasteiger partial charge in [-0.3, -0.25) is 14.9 Å². The van der Waals surface area contributed by atoms with E-state index in [-0.39, 0.29) is 11.6 Å². The third-order valence-electron chi connectivity index (χ3n) is 3.66. The summed E-state index contributed by atoms with van der Waals surface area (Å²) >= 11 is 0. The van der Waals surface area contributed by atoms with Crippen molar-refractivity contribution in [3.63, 3.8) is 0 Å². The van der Waals surface area contributed by atoms with E-state index in [1.165, 1.54) is 6.07 Å². The first-order valence-corrected chi connectivity index (χ1v) is 6.81. The average molecular weight is 310 g/mol. The standard InChI is InChI=1S/C14H13F3N4O/c15-14(16,17)11-6-8(4-5-18-11)13(22)20-10-3-1-2-9-7-19-21-12(9)10/h4-7,10H,1-3H2,(H,19,21)(H,20,22). The molecule has 2 aromatic heterocycles. The zero-order chi connectivity index (χ0) is 15.7. The summed E-state index contributed by atoms with van der Waals surface area (Å²) in [6, 6.07) is 1.76. The van der Waals surface area contributed by atoms with E-state index < -0.39 is 17.8 Å². The number of aromatic nitrogens is 3. The number of nitrogens with zero attached hydrogens (tertiary/aromatic N) is 2. The molecular formula is C14H13F3N4O. The number of halogens is 3. The van der Waals surface area contributed by atoms with Crippen LogP contribution in [0.25, 0.3) is 0 Å². The van der Waals surface area contributed by atoms with Crippen LogP contribution in [0.5, 0.6) is 0 Å². The predicted octanol–water partition coefficient (Wildman–Crippen LogP) is 2.63. The fraction of sp³-hybridized carbons (Fsp3) is 0.357. The Labute approximate surface area is 123 Å². The van der Waals surface area contributed by atoms with Gasteiger partial charge in [-0.1, -0.05) is 0 Å². The van der Waals surface area contributed by atoms with Gasteiger partial charge in [-0.05, 0) is 37.0 Å². The highest BCUT2D eigenvalue weighted by Crippen LogP contribution is 2.29. The van der Waals surface area contributed by atoms with E-state index in [4.69, 9.17) is 0 Å². The Morgan fingerprint density at radius 1 is 1.41 bits per heavy atom. The molecule has 0 fully saturated rings. The maximum atomic E-state index is 12.6. The minimum atomic E-state index is -4.57. The summed E-state index contributed by atoms with van der Waals surface area (Å²) in [6.07, 6.45) is 0.616. The predicted molar refractivity (Wildman–Crippen MR) is 71.0 cm³/mol. The number of pyridine rings is 1. The first-order chi connectivity index (χ1) is 10.4. The largest absolute Gasteiger partial charge is 0.433 e. The Morgan fingerprint density at radius 2 is 2.23 bits per heavy atom. The number of nitrogens with one attached hydrogen (secondary N) is 2. The van der Waals surface area contributed by atoms with Crippen LogP contribution < -0.4 is 5.32 Å². The molecule has 1 amide bonds. The van der Waals surface area contributed by atoms with Gasteiger partial charge in [0.2, 0.25) is 0 Å². The van der Waals surface area contributed by atoms with Crippen LogP contribution in [0.2, 0.25) is 0 Å². The molecule has 5 nitrogen and oxygen atoms in total. The molecule has 1 aliphatic carbocycles. The fourth-order valence-electron chi connectivity index (χ4n) is 2.58. The van der Waals surface area contributed by atoms with Gasteiger partial charge in [-0.25, -0.2) is 0 Å². The molecule has 2 heterocycles. The topological polar surface area (TPSA) is 70.7 Å². The van der Waals surface area contributed by atoms with E-state index in [9.17, 15) is 18.0 Å². The maximum Gasteiger partial charge on any atom is 0.433 e. The van der Waals surface area contributed by atoms with Gasteiger partial charge in [-0.2, -0.15) is 18.3 Å². The Bertz CT molecular complexity index is 695. The molecule has 0 aliphatic heterocycles. The van der Waals surface area contributed by atoms with Gasteiger partial charge in [0.15, 0.2) is 0 Å². The summed E-state index contributed by atoms with van der Waals surface area (Å²) in [7, 11) is 0. The van der Waals surface area contributed by atoms with Crippen LogP contribution >= 0.6 is 0 Å². The summed E-state index contributed by atoms with van der Waals surface area (Å²) in [5, 5.41) is 9.54. The second kappa shape index (κ2) is 5.43. The molecule has 0 saturated heterocycles. The first-order valence-electron chi connectivity index (χ1n) is 6.81. The number of aryl methyl sites for hydroxylation is 1. The summed E-state index contributed by atoms with van der Waals surface area (Å²) < 4.78 is 37.9. The van der Waals surface area contributed by atoms with E-state index in [0.717, 1.165) is 42.8 Å². The number of carbonyl (C=O) groups is 1. The molecule has 0 spiro atoms. The highest BCUT2D eigenvalue weighted by Gasteiger charge is 2.33. The van der Waals surface area contributed by atoms with Crippen LogP contribution in [0.1, 0.15) is 46.2 Å².